The molecule has 1 aliphatic heterocycles. The highest BCUT2D eigenvalue weighted by atomic mass is 32.2. The normalized spacial score (nSPS) is 20.7. The second kappa shape index (κ2) is 8.98. The molecule has 5 nitrogen and oxygen atoms in total. The molecule has 0 saturated carbocycles. The van der Waals surface area contributed by atoms with E-state index in [-0.39, 0.29) is 17.8 Å². The first-order valence-electron chi connectivity index (χ1n) is 7.74. The SMILES string of the molecule is COC(=O)C1CC[NH+](CC(=O)Nc2ccc(SC(F)F)cc2)CC1. The number of benzene rings is 1. The number of methoxy groups -OCH3 is 1. The second-order valence-corrected chi connectivity index (χ2v) is 6.74. The highest BCUT2D eigenvalue weighted by molar-refractivity contribution is 7.99. The smallest absolute Gasteiger partial charge is 0.309 e. The van der Waals surface area contributed by atoms with Crippen molar-refractivity contribution in [3.05, 3.63) is 24.3 Å². The Labute approximate surface area is 143 Å². The van der Waals surface area contributed by atoms with Crippen molar-refractivity contribution in [1.82, 2.24) is 0 Å². The van der Waals surface area contributed by atoms with Crippen LogP contribution >= 0.6 is 11.8 Å². The molecule has 1 amide bonds. The quantitative estimate of drug-likeness (QED) is 0.596. The number of anilines is 1. The summed E-state index contributed by atoms with van der Waals surface area (Å²) in [5.74, 6) is -2.83. The van der Waals surface area contributed by atoms with E-state index in [1.807, 2.05) is 0 Å². The minimum Gasteiger partial charge on any atom is -0.469 e. The van der Waals surface area contributed by atoms with Crippen LogP contribution in [-0.2, 0) is 14.3 Å². The van der Waals surface area contributed by atoms with E-state index in [4.69, 9.17) is 4.74 Å². The number of likely N-dealkylation sites (tertiary alicyclic amines) is 1. The predicted molar refractivity (Wildman–Crippen MR) is 87.2 cm³/mol. The average Bonchev–Trinajstić information content (AvgIpc) is 2.56. The molecule has 0 spiro atoms. The van der Waals surface area contributed by atoms with E-state index >= 15 is 0 Å². The van der Waals surface area contributed by atoms with Crippen LogP contribution in [0.15, 0.2) is 29.2 Å². The predicted octanol–water partition coefficient (Wildman–Crippen LogP) is 1.41. The van der Waals surface area contributed by atoms with Crippen molar-refractivity contribution in [3.63, 3.8) is 0 Å². The number of quaternary nitrogens is 1. The number of esters is 1. The third kappa shape index (κ3) is 5.76. The van der Waals surface area contributed by atoms with Crippen molar-refractivity contribution < 1.29 is 28.0 Å². The molecule has 1 aromatic carbocycles. The van der Waals surface area contributed by atoms with Crippen molar-refractivity contribution in [3.8, 4) is 0 Å². The minimum absolute atomic E-state index is 0.0679. The van der Waals surface area contributed by atoms with Crippen molar-refractivity contribution >= 4 is 29.3 Å². The Morgan fingerprint density at radius 1 is 1.29 bits per heavy atom. The van der Waals surface area contributed by atoms with E-state index in [0.717, 1.165) is 30.8 Å². The number of halogens is 2. The molecule has 0 bridgehead atoms. The molecule has 0 aromatic heterocycles. The van der Waals surface area contributed by atoms with E-state index in [1.165, 1.54) is 7.11 Å². The fourth-order valence-electron chi connectivity index (χ4n) is 2.76. The molecule has 0 atom stereocenters. The fourth-order valence-corrected chi connectivity index (χ4v) is 3.26. The van der Waals surface area contributed by atoms with Crippen LogP contribution in [0.2, 0.25) is 0 Å². The topological polar surface area (TPSA) is 59.8 Å². The molecule has 0 radical (unpaired) electrons. The number of piperidine rings is 1. The van der Waals surface area contributed by atoms with E-state index in [2.05, 4.69) is 5.32 Å². The van der Waals surface area contributed by atoms with E-state index in [1.54, 1.807) is 24.3 Å². The number of nitrogens with one attached hydrogen (secondary N) is 2. The first kappa shape index (κ1) is 18.7. The Hall–Kier alpha value is -1.67. The van der Waals surface area contributed by atoms with Gasteiger partial charge in [-0.15, -0.1) is 0 Å². The van der Waals surface area contributed by atoms with Gasteiger partial charge in [-0.1, -0.05) is 11.8 Å². The summed E-state index contributed by atoms with van der Waals surface area (Å²) in [6.07, 6.45) is 1.43. The zero-order valence-corrected chi connectivity index (χ0v) is 14.2. The van der Waals surface area contributed by atoms with Gasteiger partial charge in [0, 0.05) is 23.4 Å². The zero-order valence-electron chi connectivity index (χ0n) is 13.4. The van der Waals surface area contributed by atoms with Gasteiger partial charge in [-0.2, -0.15) is 8.78 Å². The number of ether oxygens (including phenoxy) is 1. The van der Waals surface area contributed by atoms with Crippen molar-refractivity contribution in [2.45, 2.75) is 23.5 Å². The average molecular weight is 359 g/mol. The van der Waals surface area contributed by atoms with Gasteiger partial charge in [0.25, 0.3) is 11.7 Å². The number of carbonyl (C=O) groups excluding carboxylic acids is 2. The van der Waals surface area contributed by atoms with Gasteiger partial charge in [0.2, 0.25) is 0 Å². The van der Waals surface area contributed by atoms with E-state index in [0.29, 0.717) is 28.9 Å². The lowest BCUT2D eigenvalue weighted by Crippen LogP contribution is -3.14. The number of hydrogen-bond acceptors (Lipinski definition) is 4. The molecule has 0 aliphatic carbocycles. The van der Waals surface area contributed by atoms with Gasteiger partial charge in [-0.25, -0.2) is 0 Å². The molecular formula is C16H21F2N2O3S+. The summed E-state index contributed by atoms with van der Waals surface area (Å²) in [5, 5.41) is 2.77. The Morgan fingerprint density at radius 2 is 1.92 bits per heavy atom. The lowest BCUT2D eigenvalue weighted by molar-refractivity contribution is -0.897. The molecule has 24 heavy (non-hydrogen) atoms. The number of carbonyl (C=O) groups is 2. The van der Waals surface area contributed by atoms with E-state index in [9.17, 15) is 18.4 Å². The van der Waals surface area contributed by atoms with Crippen LogP contribution in [0.25, 0.3) is 0 Å². The van der Waals surface area contributed by atoms with Crippen molar-refractivity contribution in [2.75, 3.05) is 32.1 Å². The van der Waals surface area contributed by atoms with Crippen LogP contribution in [0.5, 0.6) is 0 Å². The highest BCUT2D eigenvalue weighted by Crippen LogP contribution is 2.26. The number of thioether (sulfide) groups is 1. The largest absolute Gasteiger partial charge is 0.469 e. The van der Waals surface area contributed by atoms with Crippen LogP contribution in [0.3, 0.4) is 0 Å². The summed E-state index contributed by atoms with van der Waals surface area (Å²) in [6.45, 7) is 1.82. The zero-order chi connectivity index (χ0) is 17.5. The maximum absolute atomic E-state index is 12.3. The Morgan fingerprint density at radius 3 is 2.46 bits per heavy atom. The summed E-state index contributed by atoms with van der Waals surface area (Å²) in [4.78, 5) is 25.1. The monoisotopic (exact) mass is 359 g/mol. The van der Waals surface area contributed by atoms with Gasteiger partial charge in [-0.3, -0.25) is 9.59 Å². The lowest BCUT2D eigenvalue weighted by Gasteiger charge is -2.27. The molecule has 2 rings (SSSR count). The number of amides is 1. The lowest BCUT2D eigenvalue weighted by atomic mass is 9.97. The van der Waals surface area contributed by atoms with Gasteiger partial charge < -0.3 is 15.0 Å². The molecule has 1 aromatic rings. The molecule has 1 heterocycles. The molecule has 8 heteroatoms. The third-order valence-electron chi connectivity index (χ3n) is 4.00. The molecule has 2 N–H and O–H groups in total. The maximum atomic E-state index is 12.3. The molecular weight excluding hydrogens is 338 g/mol. The Kier molecular flexibility index (Phi) is 6.99. The molecule has 1 fully saturated rings. The van der Waals surface area contributed by atoms with Crippen LogP contribution in [0, 0.1) is 5.92 Å². The summed E-state index contributed by atoms with van der Waals surface area (Å²) in [5.41, 5.74) is 0.586. The van der Waals surface area contributed by atoms with Crippen molar-refractivity contribution in [2.24, 2.45) is 5.92 Å². The minimum atomic E-state index is -2.46. The summed E-state index contributed by atoms with van der Waals surface area (Å²) >= 11 is 0.471. The van der Waals surface area contributed by atoms with Gasteiger partial charge in [0.15, 0.2) is 6.54 Å². The molecule has 1 saturated heterocycles. The maximum Gasteiger partial charge on any atom is 0.309 e. The number of hydrogen-bond donors (Lipinski definition) is 2. The van der Waals surface area contributed by atoms with E-state index < -0.39 is 5.76 Å². The van der Waals surface area contributed by atoms with Gasteiger partial charge >= 0.3 is 5.97 Å². The third-order valence-corrected chi connectivity index (χ3v) is 4.72. The first-order chi connectivity index (χ1) is 11.5. The van der Waals surface area contributed by atoms with Crippen LogP contribution in [-0.4, -0.2) is 44.4 Å². The van der Waals surface area contributed by atoms with Crippen molar-refractivity contribution in [1.29, 1.82) is 0 Å². The van der Waals surface area contributed by atoms with Gasteiger partial charge in [-0.05, 0) is 24.3 Å². The molecule has 0 unspecified atom stereocenters. The van der Waals surface area contributed by atoms with Gasteiger partial charge in [0.1, 0.15) is 0 Å². The fraction of sp³-hybridized carbons (Fsp3) is 0.500. The Bertz CT molecular complexity index is 561. The Balaban J connectivity index is 1.76. The standard InChI is InChI=1S/C16H20F2N2O3S/c1-23-15(22)11-6-8-20(9-7-11)10-14(21)19-12-2-4-13(5-3-12)24-16(17)18/h2-5,11,16H,6-10H2,1H3,(H,19,21)/p+1. The highest BCUT2D eigenvalue weighted by Gasteiger charge is 2.28. The molecule has 132 valence electrons. The van der Waals surface area contributed by atoms with Crippen LogP contribution in [0.1, 0.15) is 12.8 Å². The second-order valence-electron chi connectivity index (χ2n) is 5.68. The first-order valence-corrected chi connectivity index (χ1v) is 8.62. The van der Waals surface area contributed by atoms with Gasteiger partial charge in [0.05, 0.1) is 26.1 Å². The molecule has 1 aliphatic rings. The number of alkyl halides is 2. The number of rotatable bonds is 6. The summed E-state index contributed by atoms with van der Waals surface area (Å²) in [7, 11) is 1.39. The summed E-state index contributed by atoms with van der Waals surface area (Å²) in [6, 6.07) is 6.34. The van der Waals surface area contributed by atoms with Crippen LogP contribution in [0.4, 0.5) is 14.5 Å². The summed E-state index contributed by atoms with van der Waals surface area (Å²) < 4.78 is 29.2. The van der Waals surface area contributed by atoms with Crippen LogP contribution < -0.4 is 10.2 Å².